The van der Waals surface area contributed by atoms with Gasteiger partial charge in [-0.15, -0.1) is 0 Å². The number of aliphatic hydroxyl groups excluding tert-OH is 7. The Balaban J connectivity index is 1.45. The van der Waals surface area contributed by atoms with Crippen LogP contribution < -0.4 is 10.2 Å². The molecule has 0 radical (unpaired) electrons. The largest absolute Gasteiger partial charge is 0.508 e. The van der Waals surface area contributed by atoms with Crippen molar-refractivity contribution in [2.45, 2.75) is 61.4 Å². The zero-order valence-corrected chi connectivity index (χ0v) is 22.4. The summed E-state index contributed by atoms with van der Waals surface area (Å²) in [6.45, 7) is -1.41. The molecule has 2 fully saturated rings. The van der Waals surface area contributed by atoms with Gasteiger partial charge in [0.05, 0.1) is 13.2 Å². The summed E-state index contributed by atoms with van der Waals surface area (Å²) in [6, 6.07) is 5.76. The molecule has 2 aromatic carbocycles. The number of aliphatic hydroxyl groups is 7. The molecule has 1 aromatic heterocycles. The maximum Gasteiger partial charge on any atom is 0.238 e. The molecular formula is C27H30O17. The molecule has 2 saturated heterocycles. The van der Waals surface area contributed by atoms with E-state index >= 15 is 0 Å². The summed E-state index contributed by atoms with van der Waals surface area (Å²) in [5.74, 6) is -3.82. The Kier molecular flexibility index (Phi) is 8.87. The second-order valence-corrected chi connectivity index (χ2v) is 10.3. The van der Waals surface area contributed by atoms with Crippen molar-refractivity contribution in [1.82, 2.24) is 0 Å². The van der Waals surface area contributed by atoms with Crippen LogP contribution in [0.25, 0.3) is 22.3 Å². The van der Waals surface area contributed by atoms with Gasteiger partial charge in [-0.05, 0) is 24.3 Å². The van der Waals surface area contributed by atoms with Crippen LogP contribution in [-0.2, 0) is 14.2 Å². The molecule has 11 N–H and O–H groups in total. The van der Waals surface area contributed by atoms with Crippen LogP contribution >= 0.6 is 0 Å². The number of phenols is 3. The van der Waals surface area contributed by atoms with Crippen LogP contribution in [0.5, 0.6) is 28.7 Å². The van der Waals surface area contributed by atoms with Gasteiger partial charge in [0.2, 0.25) is 23.2 Å². The van der Waals surface area contributed by atoms with Crippen LogP contribution in [0, 0.1) is 0 Å². The molecule has 240 valence electrons. The van der Waals surface area contributed by atoms with E-state index in [2.05, 4.69) is 0 Å². The molecule has 0 unspecified atom stereocenters. The van der Waals surface area contributed by atoms with Crippen molar-refractivity contribution < 1.29 is 79.5 Å². The van der Waals surface area contributed by atoms with E-state index in [0.29, 0.717) is 6.07 Å². The number of ether oxygens (including phenoxy) is 4. The van der Waals surface area contributed by atoms with Gasteiger partial charge in [-0.3, -0.25) is 4.79 Å². The van der Waals surface area contributed by atoms with Crippen molar-refractivity contribution >= 4 is 11.0 Å². The van der Waals surface area contributed by atoms with E-state index in [1.54, 1.807) is 0 Å². The smallest absolute Gasteiger partial charge is 0.238 e. The molecule has 2 aliphatic rings. The average molecular weight is 627 g/mol. The van der Waals surface area contributed by atoms with E-state index in [0.717, 1.165) is 0 Å². The van der Waals surface area contributed by atoms with Crippen molar-refractivity contribution in [3.63, 3.8) is 0 Å². The highest BCUT2D eigenvalue weighted by molar-refractivity contribution is 5.93. The fourth-order valence-corrected chi connectivity index (χ4v) is 4.89. The van der Waals surface area contributed by atoms with Crippen molar-refractivity contribution in [1.29, 1.82) is 0 Å². The van der Waals surface area contributed by atoms with Crippen LogP contribution in [0.3, 0.4) is 0 Å². The van der Waals surface area contributed by atoms with E-state index in [9.17, 15) is 61.0 Å². The van der Waals surface area contributed by atoms with Gasteiger partial charge in [0.15, 0.2) is 23.4 Å². The van der Waals surface area contributed by atoms with Gasteiger partial charge in [-0.2, -0.15) is 0 Å². The second kappa shape index (κ2) is 12.3. The highest BCUT2D eigenvalue weighted by Crippen LogP contribution is 2.44. The maximum absolute atomic E-state index is 13.0. The lowest BCUT2D eigenvalue weighted by atomic mass is 9.98. The highest BCUT2D eigenvalue weighted by Gasteiger charge is 2.48. The zero-order chi connectivity index (χ0) is 32.0. The summed E-state index contributed by atoms with van der Waals surface area (Å²) in [5.41, 5.74) is -1.65. The molecule has 44 heavy (non-hydrogen) atoms. The molecular weight excluding hydrogens is 596 g/mol. The Morgan fingerprint density at radius 3 is 1.95 bits per heavy atom. The first-order valence-electron chi connectivity index (χ1n) is 13.2. The van der Waals surface area contributed by atoms with Gasteiger partial charge in [0, 0.05) is 11.6 Å². The Bertz CT molecular complexity index is 1540. The van der Waals surface area contributed by atoms with Gasteiger partial charge >= 0.3 is 0 Å². The molecule has 0 saturated carbocycles. The van der Waals surface area contributed by atoms with Crippen molar-refractivity contribution in [2.24, 2.45) is 0 Å². The minimum Gasteiger partial charge on any atom is -0.508 e. The molecule has 17 nitrogen and oxygen atoms in total. The van der Waals surface area contributed by atoms with Crippen molar-refractivity contribution in [2.75, 3.05) is 13.2 Å². The first kappa shape index (κ1) is 31.7. The van der Waals surface area contributed by atoms with Crippen LogP contribution in [0.15, 0.2) is 39.5 Å². The molecule has 3 aromatic rings. The van der Waals surface area contributed by atoms with E-state index in [1.807, 2.05) is 0 Å². The lowest BCUT2D eigenvalue weighted by molar-refractivity contribution is -0.323. The number of hydrogen-bond acceptors (Lipinski definition) is 17. The number of aromatic hydroxyl groups is 4. The predicted octanol–water partition coefficient (Wildman–Crippen LogP) is -2.71. The fourth-order valence-electron chi connectivity index (χ4n) is 4.89. The first-order valence-corrected chi connectivity index (χ1v) is 13.2. The fraction of sp³-hybridized carbons (Fsp3) is 0.444. The Hall–Kier alpha value is -3.75. The minimum atomic E-state index is -1.99. The first-order chi connectivity index (χ1) is 20.8. The second-order valence-electron chi connectivity index (χ2n) is 10.3. The summed E-state index contributed by atoms with van der Waals surface area (Å²) < 4.78 is 27.4. The van der Waals surface area contributed by atoms with E-state index in [1.165, 1.54) is 24.3 Å². The molecule has 5 rings (SSSR count). The average Bonchev–Trinajstić information content (AvgIpc) is 3.00. The van der Waals surface area contributed by atoms with Gasteiger partial charge < -0.3 is 79.5 Å². The standard InChI is InChI=1S/C27H30O17/c28-6-12-15(32)18(35)21(38)26(41-12)40-7-13-16(33)19(36)22(39)27(42-13)44-24-11(31)5-10(30)14-17(34)20(37)23(43-25(14)24)8-1-3-9(29)4-2-8/h1-5,12-13,15-16,18-19,21-22,26-33,35-39H,6-7H2/t12-,13-,15-,16-,18+,19+,21-,22-,26-,27+/m1/s1. The number of fused-ring (bicyclic) bond motifs is 1. The molecule has 3 heterocycles. The summed E-state index contributed by atoms with van der Waals surface area (Å²) in [7, 11) is 0. The Morgan fingerprint density at radius 2 is 1.32 bits per heavy atom. The SMILES string of the molecule is O=c1c(O)c(-c2ccc(O)cc2)oc2c(O[C@@H]3O[C@H](CO[C@@H]4O[C@H](CO)[C@@H](O)[C@H](O)[C@H]4O)[C@@H](O)[C@H](O)[C@H]3O)c(O)cc(O)c12. The summed E-state index contributed by atoms with van der Waals surface area (Å²) >= 11 is 0. The molecule has 10 atom stereocenters. The van der Waals surface area contributed by atoms with Gasteiger partial charge in [0.25, 0.3) is 0 Å². The van der Waals surface area contributed by atoms with Gasteiger partial charge in [-0.1, -0.05) is 0 Å². The van der Waals surface area contributed by atoms with Gasteiger partial charge in [-0.25, -0.2) is 0 Å². The molecule has 0 spiro atoms. The number of rotatable bonds is 7. The van der Waals surface area contributed by atoms with Crippen LogP contribution in [0.1, 0.15) is 0 Å². The molecule has 0 amide bonds. The Morgan fingerprint density at radius 1 is 0.727 bits per heavy atom. The normalized spacial score (nSPS) is 32.5. The third-order valence-corrected chi connectivity index (χ3v) is 7.36. The van der Waals surface area contributed by atoms with Gasteiger partial charge in [0.1, 0.15) is 65.7 Å². The van der Waals surface area contributed by atoms with E-state index in [4.69, 9.17) is 23.4 Å². The number of hydrogen-bond donors (Lipinski definition) is 11. The molecule has 2 aliphatic heterocycles. The summed E-state index contributed by atoms with van der Waals surface area (Å²) in [4.78, 5) is 13.0. The molecule has 0 aliphatic carbocycles. The lowest BCUT2D eigenvalue weighted by Gasteiger charge is -2.42. The number of benzene rings is 2. The van der Waals surface area contributed by atoms with E-state index < -0.39 is 120 Å². The maximum atomic E-state index is 13.0. The minimum absolute atomic E-state index is 0.103. The predicted molar refractivity (Wildman–Crippen MR) is 142 cm³/mol. The number of phenolic OH excluding ortho intramolecular Hbond substituents is 3. The zero-order valence-electron chi connectivity index (χ0n) is 22.4. The van der Waals surface area contributed by atoms with Crippen LogP contribution in [-0.4, -0.2) is 131 Å². The third kappa shape index (κ3) is 5.61. The molecule has 17 heteroatoms. The van der Waals surface area contributed by atoms with Crippen molar-refractivity contribution in [3.8, 4) is 40.1 Å². The van der Waals surface area contributed by atoms with Crippen LogP contribution in [0.2, 0.25) is 0 Å². The highest BCUT2D eigenvalue weighted by atomic mass is 16.7. The Labute approximate surface area is 246 Å². The lowest BCUT2D eigenvalue weighted by Crippen LogP contribution is -2.62. The third-order valence-electron chi connectivity index (χ3n) is 7.36. The summed E-state index contributed by atoms with van der Waals surface area (Å²) in [6.07, 6.45) is -17.4. The van der Waals surface area contributed by atoms with E-state index in [-0.39, 0.29) is 11.3 Å². The topological polar surface area (TPSA) is 290 Å². The monoisotopic (exact) mass is 626 g/mol. The quantitative estimate of drug-likeness (QED) is 0.127. The van der Waals surface area contributed by atoms with Crippen LogP contribution in [0.4, 0.5) is 0 Å². The molecule has 0 bridgehead atoms. The summed E-state index contributed by atoms with van der Waals surface area (Å²) in [5, 5.41) is 112. The van der Waals surface area contributed by atoms with Crippen molar-refractivity contribution in [3.05, 3.63) is 40.6 Å².